The first-order chi connectivity index (χ1) is 17.1. The van der Waals surface area contributed by atoms with Gasteiger partial charge in [-0.05, 0) is 55.3 Å². The fraction of sp³-hybridized carbons (Fsp3) is 0.241. The second-order valence-electron chi connectivity index (χ2n) is 8.64. The van der Waals surface area contributed by atoms with Gasteiger partial charge in [-0.15, -0.1) is 0 Å². The zero-order valence-electron chi connectivity index (χ0n) is 19.8. The number of Topliss-reactive ketones (excluding diaryl/α,β-unsaturated/α-hetero) is 1. The number of benzene rings is 3. The smallest absolute Gasteiger partial charge is 0.232 e. The molecule has 0 bridgehead atoms. The number of ketones is 1. The molecule has 1 aliphatic heterocycles. The van der Waals surface area contributed by atoms with Gasteiger partial charge in [0.1, 0.15) is 23.0 Å². The summed E-state index contributed by atoms with van der Waals surface area (Å²) in [6, 6.07) is 22.5. The van der Waals surface area contributed by atoms with Crippen molar-refractivity contribution in [2.75, 3.05) is 19.1 Å². The zero-order valence-corrected chi connectivity index (χ0v) is 19.8. The molecule has 0 saturated carbocycles. The van der Waals surface area contributed by atoms with Crippen molar-refractivity contribution in [3.8, 4) is 23.0 Å². The van der Waals surface area contributed by atoms with Gasteiger partial charge in [0.25, 0.3) is 0 Å². The topological polar surface area (TPSA) is 65.1 Å². The average molecular weight is 470 g/mol. The molecule has 0 saturated heterocycles. The third-order valence-electron chi connectivity index (χ3n) is 6.57. The lowest BCUT2D eigenvalue weighted by molar-refractivity contribution is -0.119. The van der Waals surface area contributed by atoms with Crippen LogP contribution in [0.15, 0.2) is 84.1 Å². The van der Waals surface area contributed by atoms with Gasteiger partial charge in [-0.25, -0.2) is 0 Å². The Bertz CT molecular complexity index is 1280. The van der Waals surface area contributed by atoms with Gasteiger partial charge in [0.2, 0.25) is 5.91 Å². The van der Waals surface area contributed by atoms with Crippen LogP contribution in [0.4, 0.5) is 5.69 Å². The van der Waals surface area contributed by atoms with Crippen LogP contribution >= 0.6 is 0 Å². The van der Waals surface area contributed by atoms with E-state index >= 15 is 0 Å². The van der Waals surface area contributed by atoms with Gasteiger partial charge in [-0.3, -0.25) is 14.5 Å². The van der Waals surface area contributed by atoms with E-state index in [1.807, 2.05) is 66.7 Å². The summed E-state index contributed by atoms with van der Waals surface area (Å²) in [7, 11) is 3.18. The number of amides is 1. The molecule has 2 aliphatic rings. The predicted molar refractivity (Wildman–Crippen MR) is 133 cm³/mol. The molecule has 0 radical (unpaired) electrons. The second kappa shape index (κ2) is 9.66. The summed E-state index contributed by atoms with van der Waals surface area (Å²) in [4.78, 5) is 28.4. The number of rotatable bonds is 6. The summed E-state index contributed by atoms with van der Waals surface area (Å²) >= 11 is 0. The Morgan fingerprint density at radius 1 is 0.800 bits per heavy atom. The molecular formula is C29H27NO5. The van der Waals surface area contributed by atoms with Crippen molar-refractivity contribution in [2.45, 2.75) is 31.6 Å². The third-order valence-corrected chi connectivity index (χ3v) is 6.57. The summed E-state index contributed by atoms with van der Waals surface area (Å²) in [6.07, 6.45) is 2.07. The van der Waals surface area contributed by atoms with Crippen molar-refractivity contribution >= 4 is 17.4 Å². The van der Waals surface area contributed by atoms with Crippen LogP contribution in [0, 0.1) is 0 Å². The van der Waals surface area contributed by atoms with Gasteiger partial charge in [0, 0.05) is 47.3 Å². The van der Waals surface area contributed by atoms with Crippen LogP contribution in [-0.2, 0) is 9.59 Å². The molecule has 0 aromatic heterocycles. The molecule has 178 valence electrons. The van der Waals surface area contributed by atoms with Crippen LogP contribution in [0.5, 0.6) is 23.0 Å². The maximum Gasteiger partial charge on any atom is 0.232 e. The molecule has 6 nitrogen and oxygen atoms in total. The van der Waals surface area contributed by atoms with Crippen molar-refractivity contribution in [1.29, 1.82) is 0 Å². The minimum absolute atomic E-state index is 0.0435. The van der Waals surface area contributed by atoms with E-state index in [1.54, 1.807) is 25.2 Å². The highest BCUT2D eigenvalue weighted by Crippen LogP contribution is 2.46. The van der Waals surface area contributed by atoms with E-state index in [4.69, 9.17) is 14.2 Å². The molecule has 1 unspecified atom stereocenters. The van der Waals surface area contributed by atoms with E-state index < -0.39 is 0 Å². The first-order valence-corrected chi connectivity index (χ1v) is 11.7. The summed E-state index contributed by atoms with van der Waals surface area (Å²) in [5, 5.41) is 0. The SMILES string of the molecule is COc1ccc(C2CC(=O)N(c3ccc(Oc4ccccc4)cc3)C3=C2C(=O)CCC3)c(OC)c1. The van der Waals surface area contributed by atoms with Gasteiger partial charge in [-0.2, -0.15) is 0 Å². The number of ether oxygens (including phenoxy) is 3. The van der Waals surface area contributed by atoms with Gasteiger partial charge in [0.15, 0.2) is 5.78 Å². The van der Waals surface area contributed by atoms with E-state index in [0.717, 1.165) is 29.1 Å². The monoisotopic (exact) mass is 469 g/mol. The van der Waals surface area contributed by atoms with Crippen LogP contribution < -0.4 is 19.1 Å². The fourth-order valence-electron chi connectivity index (χ4n) is 4.95. The molecule has 35 heavy (non-hydrogen) atoms. The third kappa shape index (κ3) is 4.39. The Morgan fingerprint density at radius 3 is 2.23 bits per heavy atom. The zero-order chi connectivity index (χ0) is 24.4. The van der Waals surface area contributed by atoms with E-state index in [1.165, 1.54) is 0 Å². The number of carbonyl (C=O) groups is 2. The van der Waals surface area contributed by atoms with Gasteiger partial charge in [-0.1, -0.05) is 24.3 Å². The number of anilines is 1. The summed E-state index contributed by atoms with van der Waals surface area (Å²) in [5.74, 6) is 2.41. The van der Waals surface area contributed by atoms with Crippen LogP contribution in [0.25, 0.3) is 0 Å². The quantitative estimate of drug-likeness (QED) is 0.441. The largest absolute Gasteiger partial charge is 0.497 e. The summed E-state index contributed by atoms with van der Waals surface area (Å²) < 4.78 is 16.8. The molecule has 0 fully saturated rings. The predicted octanol–water partition coefficient (Wildman–Crippen LogP) is 6.02. The van der Waals surface area contributed by atoms with Gasteiger partial charge >= 0.3 is 0 Å². The number of methoxy groups -OCH3 is 2. The fourth-order valence-corrected chi connectivity index (χ4v) is 4.95. The highest BCUT2D eigenvalue weighted by molar-refractivity contribution is 6.07. The van der Waals surface area contributed by atoms with Gasteiger partial charge in [0.05, 0.1) is 14.2 Å². The standard InChI is InChI=1S/C29H27NO5/c1-33-22-15-16-23(27(17-22)34-2)24-18-28(32)30(25-9-6-10-26(31)29(24)25)19-11-13-21(14-12-19)35-20-7-4-3-5-8-20/h3-5,7-8,11-17,24H,6,9-10,18H2,1-2H3. The Labute approximate surface area is 204 Å². The molecule has 5 rings (SSSR count). The van der Waals surface area contributed by atoms with Crippen LogP contribution in [0.3, 0.4) is 0 Å². The maximum absolute atomic E-state index is 13.5. The van der Waals surface area contributed by atoms with Crippen LogP contribution in [0.1, 0.15) is 37.2 Å². The molecule has 3 aromatic carbocycles. The minimum atomic E-state index is -0.344. The Balaban J connectivity index is 1.51. The molecule has 0 N–H and O–H groups in total. The van der Waals surface area contributed by atoms with E-state index in [0.29, 0.717) is 35.7 Å². The van der Waals surface area contributed by atoms with Crippen LogP contribution in [0.2, 0.25) is 0 Å². The molecule has 1 heterocycles. The lowest BCUT2D eigenvalue weighted by atomic mass is 9.77. The number of hydrogen-bond acceptors (Lipinski definition) is 5. The highest BCUT2D eigenvalue weighted by Gasteiger charge is 2.40. The summed E-state index contributed by atoms with van der Waals surface area (Å²) in [5.41, 5.74) is 3.06. The van der Waals surface area contributed by atoms with Crippen molar-refractivity contribution in [3.63, 3.8) is 0 Å². The van der Waals surface area contributed by atoms with E-state index in [9.17, 15) is 9.59 Å². The molecule has 1 amide bonds. The Morgan fingerprint density at radius 2 is 1.51 bits per heavy atom. The lowest BCUT2D eigenvalue weighted by Crippen LogP contribution is -2.40. The number of nitrogens with zero attached hydrogens (tertiary/aromatic N) is 1. The Hall–Kier alpha value is -4.06. The van der Waals surface area contributed by atoms with Crippen LogP contribution in [-0.4, -0.2) is 25.9 Å². The van der Waals surface area contributed by atoms with Crippen molar-refractivity contribution in [1.82, 2.24) is 0 Å². The molecular weight excluding hydrogens is 442 g/mol. The first kappa shape index (κ1) is 22.7. The van der Waals surface area contributed by atoms with Crippen molar-refractivity contribution in [2.24, 2.45) is 0 Å². The molecule has 6 heteroatoms. The average Bonchev–Trinajstić information content (AvgIpc) is 2.89. The lowest BCUT2D eigenvalue weighted by Gasteiger charge is -2.38. The molecule has 1 atom stereocenters. The number of allylic oxidation sites excluding steroid dienone is 2. The normalized spacial score (nSPS) is 17.8. The maximum atomic E-state index is 13.5. The Kier molecular flexibility index (Phi) is 6.27. The van der Waals surface area contributed by atoms with E-state index in [-0.39, 0.29) is 24.0 Å². The minimum Gasteiger partial charge on any atom is -0.497 e. The second-order valence-corrected chi connectivity index (χ2v) is 8.64. The molecule has 3 aromatic rings. The van der Waals surface area contributed by atoms with Crippen molar-refractivity contribution < 1.29 is 23.8 Å². The number of para-hydroxylation sites is 1. The number of carbonyl (C=O) groups excluding carboxylic acids is 2. The van der Waals surface area contributed by atoms with Crippen molar-refractivity contribution in [3.05, 3.63) is 89.6 Å². The highest BCUT2D eigenvalue weighted by atomic mass is 16.5. The van der Waals surface area contributed by atoms with Gasteiger partial charge < -0.3 is 14.2 Å². The summed E-state index contributed by atoms with van der Waals surface area (Å²) in [6.45, 7) is 0. The number of hydrogen-bond donors (Lipinski definition) is 0. The van der Waals surface area contributed by atoms with E-state index in [2.05, 4.69) is 0 Å². The molecule has 0 spiro atoms. The first-order valence-electron chi connectivity index (χ1n) is 11.7. The molecule has 1 aliphatic carbocycles.